The first-order valence-electron chi connectivity index (χ1n) is 1.89. The molecule has 0 amide bonds. The van der Waals surface area contributed by atoms with Crippen molar-refractivity contribution in [2.24, 2.45) is 0 Å². The predicted octanol–water partition coefficient (Wildman–Crippen LogP) is 0.963. The molecule has 0 spiro atoms. The summed E-state index contributed by atoms with van der Waals surface area (Å²) in [6.07, 6.45) is 2.56. The van der Waals surface area contributed by atoms with E-state index in [0.717, 1.165) is 6.42 Å². The van der Waals surface area contributed by atoms with Crippen molar-refractivity contribution in [2.75, 3.05) is 6.54 Å². The Balaban J connectivity index is 0. The standard InChI is InChI=1S/C4H9NO.ClH/c1-2-3-4-5-6;/h2,5-6H,1,3-4H2;1H. The van der Waals surface area contributed by atoms with Crippen LogP contribution < -0.4 is 5.48 Å². The molecule has 0 saturated carbocycles. The minimum absolute atomic E-state index is 0. The molecule has 0 heterocycles. The van der Waals surface area contributed by atoms with Crippen molar-refractivity contribution in [1.29, 1.82) is 0 Å². The summed E-state index contributed by atoms with van der Waals surface area (Å²) in [5, 5.41) is 7.90. The number of hydrogen-bond acceptors (Lipinski definition) is 2. The molecule has 0 unspecified atom stereocenters. The van der Waals surface area contributed by atoms with Gasteiger partial charge in [-0.3, -0.25) is 0 Å². The van der Waals surface area contributed by atoms with E-state index in [1.54, 1.807) is 6.08 Å². The van der Waals surface area contributed by atoms with E-state index in [1.807, 2.05) is 5.48 Å². The van der Waals surface area contributed by atoms with Gasteiger partial charge in [0.15, 0.2) is 0 Å². The Labute approximate surface area is 49.6 Å². The molecule has 0 bridgehead atoms. The van der Waals surface area contributed by atoms with E-state index in [4.69, 9.17) is 5.21 Å². The van der Waals surface area contributed by atoms with Crippen molar-refractivity contribution in [1.82, 2.24) is 5.48 Å². The normalized spacial score (nSPS) is 7.00. The Morgan fingerprint density at radius 1 is 1.71 bits per heavy atom. The monoisotopic (exact) mass is 123 g/mol. The maximum atomic E-state index is 7.90. The zero-order chi connectivity index (χ0) is 4.83. The fourth-order valence-corrected chi connectivity index (χ4v) is 0.167. The SMILES string of the molecule is C=CCCNO.Cl. The lowest BCUT2D eigenvalue weighted by atomic mass is 10.4. The van der Waals surface area contributed by atoms with Gasteiger partial charge in [-0.1, -0.05) is 6.08 Å². The highest BCUT2D eigenvalue weighted by atomic mass is 35.5. The smallest absolute Gasteiger partial charge is 0.0241 e. The van der Waals surface area contributed by atoms with Crippen LogP contribution in [0, 0.1) is 0 Å². The van der Waals surface area contributed by atoms with Crippen LogP contribution in [0.2, 0.25) is 0 Å². The van der Waals surface area contributed by atoms with Gasteiger partial charge in [-0.05, 0) is 6.42 Å². The molecule has 3 heteroatoms. The summed E-state index contributed by atoms with van der Waals surface area (Å²) >= 11 is 0. The molecule has 2 N–H and O–H groups in total. The van der Waals surface area contributed by atoms with Crippen LogP contribution in [0.4, 0.5) is 0 Å². The van der Waals surface area contributed by atoms with Gasteiger partial charge in [0.05, 0.1) is 0 Å². The van der Waals surface area contributed by atoms with Crippen LogP contribution in [0.3, 0.4) is 0 Å². The number of hydroxylamine groups is 1. The van der Waals surface area contributed by atoms with Gasteiger partial charge >= 0.3 is 0 Å². The third-order valence-corrected chi connectivity index (χ3v) is 0.460. The third kappa shape index (κ3) is 10.7. The zero-order valence-corrected chi connectivity index (χ0v) is 4.87. The largest absolute Gasteiger partial charge is 0.317 e. The van der Waals surface area contributed by atoms with E-state index in [9.17, 15) is 0 Å². The van der Waals surface area contributed by atoms with Crippen molar-refractivity contribution < 1.29 is 5.21 Å². The lowest BCUT2D eigenvalue weighted by Crippen LogP contribution is -2.06. The zero-order valence-electron chi connectivity index (χ0n) is 4.05. The van der Waals surface area contributed by atoms with E-state index >= 15 is 0 Å². The lowest BCUT2D eigenvalue weighted by Gasteiger charge is -1.85. The Morgan fingerprint density at radius 2 is 2.29 bits per heavy atom. The molecule has 44 valence electrons. The van der Waals surface area contributed by atoms with Crippen LogP contribution in [0.15, 0.2) is 12.7 Å². The van der Waals surface area contributed by atoms with E-state index in [-0.39, 0.29) is 12.4 Å². The van der Waals surface area contributed by atoms with Crippen LogP contribution in [-0.2, 0) is 0 Å². The van der Waals surface area contributed by atoms with Crippen LogP contribution in [0.25, 0.3) is 0 Å². The van der Waals surface area contributed by atoms with Gasteiger partial charge in [0, 0.05) is 6.54 Å². The van der Waals surface area contributed by atoms with Gasteiger partial charge in [-0.25, -0.2) is 5.48 Å². The quantitative estimate of drug-likeness (QED) is 0.333. The predicted molar refractivity (Wildman–Crippen MR) is 31.9 cm³/mol. The summed E-state index contributed by atoms with van der Waals surface area (Å²) in [6, 6.07) is 0. The van der Waals surface area contributed by atoms with Crippen molar-refractivity contribution in [3.8, 4) is 0 Å². The van der Waals surface area contributed by atoms with Gasteiger partial charge in [-0.2, -0.15) is 0 Å². The summed E-state index contributed by atoms with van der Waals surface area (Å²) < 4.78 is 0. The minimum Gasteiger partial charge on any atom is -0.317 e. The van der Waals surface area contributed by atoms with Gasteiger partial charge in [0.2, 0.25) is 0 Å². The van der Waals surface area contributed by atoms with Crippen LogP contribution in [-0.4, -0.2) is 11.8 Å². The van der Waals surface area contributed by atoms with Crippen molar-refractivity contribution >= 4 is 12.4 Å². The third-order valence-electron chi connectivity index (χ3n) is 0.460. The molecule has 0 fully saturated rings. The van der Waals surface area contributed by atoms with Gasteiger partial charge in [-0.15, -0.1) is 19.0 Å². The summed E-state index contributed by atoms with van der Waals surface area (Å²) in [7, 11) is 0. The maximum absolute atomic E-state index is 7.90. The number of nitrogens with one attached hydrogen (secondary N) is 1. The maximum Gasteiger partial charge on any atom is 0.0241 e. The Kier molecular flexibility index (Phi) is 13.4. The van der Waals surface area contributed by atoms with E-state index in [0.29, 0.717) is 6.54 Å². The topological polar surface area (TPSA) is 32.3 Å². The molecule has 0 aliphatic heterocycles. The van der Waals surface area contributed by atoms with Crippen LogP contribution >= 0.6 is 12.4 Å². The molecule has 0 aliphatic carbocycles. The van der Waals surface area contributed by atoms with Crippen LogP contribution in [0.1, 0.15) is 6.42 Å². The summed E-state index contributed by atoms with van der Waals surface area (Å²) in [5.74, 6) is 0. The first-order valence-corrected chi connectivity index (χ1v) is 1.89. The molecule has 0 aromatic carbocycles. The molecule has 2 nitrogen and oxygen atoms in total. The second-order valence-corrected chi connectivity index (χ2v) is 0.985. The molecule has 7 heavy (non-hydrogen) atoms. The molecule has 0 radical (unpaired) electrons. The lowest BCUT2D eigenvalue weighted by molar-refractivity contribution is 0.169. The molecule has 0 saturated heterocycles. The second-order valence-electron chi connectivity index (χ2n) is 0.985. The first kappa shape index (κ1) is 10.0. The summed E-state index contributed by atoms with van der Waals surface area (Å²) in [4.78, 5) is 0. The fourth-order valence-electron chi connectivity index (χ4n) is 0.167. The molecule has 0 rings (SSSR count). The van der Waals surface area contributed by atoms with Crippen molar-refractivity contribution in [3.63, 3.8) is 0 Å². The van der Waals surface area contributed by atoms with Crippen molar-refractivity contribution in [3.05, 3.63) is 12.7 Å². The summed E-state index contributed by atoms with van der Waals surface area (Å²) in [6.45, 7) is 4.05. The van der Waals surface area contributed by atoms with Crippen LogP contribution in [0.5, 0.6) is 0 Å². The Hall–Kier alpha value is -0.0500. The summed E-state index contributed by atoms with van der Waals surface area (Å²) in [5.41, 5.74) is 2.00. The number of rotatable bonds is 3. The molecular formula is C4H10ClNO. The van der Waals surface area contributed by atoms with E-state index in [2.05, 4.69) is 6.58 Å². The van der Waals surface area contributed by atoms with E-state index < -0.39 is 0 Å². The van der Waals surface area contributed by atoms with Gasteiger partial charge in [0.25, 0.3) is 0 Å². The van der Waals surface area contributed by atoms with Gasteiger partial charge < -0.3 is 5.21 Å². The molecule has 0 atom stereocenters. The molecular weight excluding hydrogens is 114 g/mol. The second kappa shape index (κ2) is 9.34. The van der Waals surface area contributed by atoms with E-state index in [1.165, 1.54) is 0 Å². The number of halogens is 1. The number of hydrogen-bond donors (Lipinski definition) is 2. The molecule has 0 aromatic heterocycles. The average Bonchev–Trinajstić information content (AvgIpc) is 1.61. The Morgan fingerprint density at radius 3 is 2.43 bits per heavy atom. The first-order chi connectivity index (χ1) is 2.91. The van der Waals surface area contributed by atoms with Crippen molar-refractivity contribution in [2.45, 2.75) is 6.42 Å². The highest BCUT2D eigenvalue weighted by Gasteiger charge is 1.69. The molecule has 0 aromatic rings. The van der Waals surface area contributed by atoms with Gasteiger partial charge in [0.1, 0.15) is 0 Å². The highest BCUT2D eigenvalue weighted by Crippen LogP contribution is 1.70. The molecule has 0 aliphatic rings. The average molecular weight is 124 g/mol. The Bertz CT molecular complexity index is 40.7. The highest BCUT2D eigenvalue weighted by molar-refractivity contribution is 5.85. The minimum atomic E-state index is 0. The fraction of sp³-hybridized carbons (Fsp3) is 0.500.